The molecule has 37 heavy (non-hydrogen) atoms. The molecular formula is C26H21N3O8. The number of esters is 1. The number of hydrogen-bond acceptors (Lipinski definition) is 9. The quantitative estimate of drug-likeness (QED) is 0.152. The Morgan fingerprint density at radius 2 is 1.86 bits per heavy atom. The number of nitro benzene ring substituents is 1. The van der Waals surface area contributed by atoms with E-state index in [0.29, 0.717) is 22.3 Å². The summed E-state index contributed by atoms with van der Waals surface area (Å²) in [5, 5.41) is 15.4. The third-order valence-electron chi connectivity index (χ3n) is 5.24. The number of fused-ring (bicyclic) bond motifs is 1. The first-order chi connectivity index (χ1) is 17.9. The molecule has 1 N–H and O–H groups in total. The predicted octanol–water partition coefficient (Wildman–Crippen LogP) is 4.48. The predicted molar refractivity (Wildman–Crippen MR) is 133 cm³/mol. The van der Waals surface area contributed by atoms with Crippen LogP contribution in [0.5, 0.6) is 11.5 Å². The summed E-state index contributed by atoms with van der Waals surface area (Å²) in [5.74, 6) is -0.405. The van der Waals surface area contributed by atoms with Crippen molar-refractivity contribution in [2.45, 2.75) is 6.61 Å². The maximum Gasteiger partial charge on any atom is 0.337 e. The zero-order chi connectivity index (χ0) is 26.4. The second kappa shape index (κ2) is 11.0. The van der Waals surface area contributed by atoms with Crippen molar-refractivity contribution in [1.29, 1.82) is 0 Å². The van der Waals surface area contributed by atoms with Crippen LogP contribution in [0.1, 0.15) is 32.0 Å². The van der Waals surface area contributed by atoms with E-state index in [1.807, 2.05) is 0 Å². The molecule has 3 aromatic carbocycles. The van der Waals surface area contributed by atoms with Gasteiger partial charge in [0.2, 0.25) is 0 Å². The van der Waals surface area contributed by atoms with Crippen molar-refractivity contribution in [1.82, 2.24) is 5.43 Å². The number of hydrazone groups is 1. The topological polar surface area (TPSA) is 142 Å². The molecule has 0 spiro atoms. The lowest BCUT2D eigenvalue weighted by Crippen LogP contribution is -2.16. The number of amides is 1. The first-order valence-corrected chi connectivity index (χ1v) is 10.9. The van der Waals surface area contributed by atoms with E-state index in [9.17, 15) is 19.7 Å². The molecular weight excluding hydrogens is 482 g/mol. The maximum absolute atomic E-state index is 12.5. The van der Waals surface area contributed by atoms with Crippen molar-refractivity contribution in [2.75, 3.05) is 14.2 Å². The molecule has 0 atom stereocenters. The second-order valence-electron chi connectivity index (χ2n) is 7.68. The average molecular weight is 503 g/mol. The summed E-state index contributed by atoms with van der Waals surface area (Å²) in [4.78, 5) is 34.6. The summed E-state index contributed by atoms with van der Waals surface area (Å²) in [6.45, 7) is 0.284. The number of rotatable bonds is 9. The Hall–Kier alpha value is -5.19. The molecule has 0 aliphatic rings. The lowest BCUT2D eigenvalue weighted by Gasteiger charge is -2.07. The van der Waals surface area contributed by atoms with Gasteiger partial charge in [0.05, 0.1) is 37.0 Å². The Balaban J connectivity index is 1.38. The largest absolute Gasteiger partial charge is 0.493 e. The van der Waals surface area contributed by atoms with E-state index in [-0.39, 0.29) is 29.4 Å². The van der Waals surface area contributed by atoms with Crippen LogP contribution in [0.25, 0.3) is 11.0 Å². The summed E-state index contributed by atoms with van der Waals surface area (Å²) in [6, 6.07) is 17.8. The van der Waals surface area contributed by atoms with Crippen molar-refractivity contribution in [2.24, 2.45) is 5.10 Å². The number of methoxy groups -OCH3 is 2. The van der Waals surface area contributed by atoms with Gasteiger partial charge in [-0.2, -0.15) is 5.10 Å². The lowest BCUT2D eigenvalue weighted by molar-refractivity contribution is -0.384. The Bertz CT molecular complexity index is 1490. The number of carbonyl (C=O) groups excluding carboxylic acids is 2. The Morgan fingerprint density at radius 1 is 1.08 bits per heavy atom. The molecule has 11 heteroatoms. The van der Waals surface area contributed by atoms with Gasteiger partial charge in [-0.25, -0.2) is 10.2 Å². The molecule has 0 aliphatic carbocycles. The Morgan fingerprint density at radius 3 is 2.57 bits per heavy atom. The molecule has 0 bridgehead atoms. The molecule has 1 amide bonds. The molecule has 0 saturated carbocycles. The molecule has 0 unspecified atom stereocenters. The highest BCUT2D eigenvalue weighted by molar-refractivity contribution is 5.98. The first kappa shape index (κ1) is 24.9. The SMILES string of the molecule is COC(=O)c1ccc(COc2cccc(C=NNC(=O)c3cc4cc([N+](=O)[O-])cc(OC)c4o3)c2)cc1. The summed E-state index contributed by atoms with van der Waals surface area (Å²) < 4.78 is 21.2. The number of non-ortho nitro benzene ring substituents is 1. The Kier molecular flexibility index (Phi) is 7.43. The molecule has 0 aliphatic heterocycles. The van der Waals surface area contributed by atoms with Gasteiger partial charge in [-0.3, -0.25) is 14.9 Å². The van der Waals surface area contributed by atoms with E-state index < -0.39 is 16.8 Å². The molecule has 0 saturated heterocycles. The number of hydrogen-bond donors (Lipinski definition) is 1. The fourth-order valence-corrected chi connectivity index (χ4v) is 3.40. The standard InChI is InChI=1S/C26H21N3O8/c1-34-22-13-20(29(32)33)11-19-12-23(37-24(19)22)25(30)28-27-14-17-4-3-5-21(10-17)36-15-16-6-8-18(9-7-16)26(31)35-2/h3-14H,15H2,1-2H3,(H,28,30). The second-order valence-corrected chi connectivity index (χ2v) is 7.68. The molecule has 11 nitrogen and oxygen atoms in total. The van der Waals surface area contributed by atoms with Crippen LogP contribution >= 0.6 is 0 Å². The average Bonchev–Trinajstić information content (AvgIpc) is 3.36. The van der Waals surface area contributed by atoms with E-state index in [1.54, 1.807) is 48.5 Å². The molecule has 4 rings (SSSR count). The number of furan rings is 1. The van der Waals surface area contributed by atoms with Gasteiger partial charge in [-0.1, -0.05) is 24.3 Å². The zero-order valence-corrected chi connectivity index (χ0v) is 19.8. The summed E-state index contributed by atoms with van der Waals surface area (Å²) >= 11 is 0. The molecule has 1 aromatic heterocycles. The van der Waals surface area contributed by atoms with Gasteiger partial charge in [0, 0.05) is 11.5 Å². The fraction of sp³-hybridized carbons (Fsp3) is 0.115. The smallest absolute Gasteiger partial charge is 0.337 e. The van der Waals surface area contributed by atoms with Crippen LogP contribution in [0.15, 0.2) is 76.2 Å². The molecule has 188 valence electrons. The van der Waals surface area contributed by atoms with Gasteiger partial charge in [-0.15, -0.1) is 0 Å². The van der Waals surface area contributed by atoms with Gasteiger partial charge >= 0.3 is 11.9 Å². The number of benzene rings is 3. The lowest BCUT2D eigenvalue weighted by atomic mass is 10.1. The minimum absolute atomic E-state index is 0.0822. The van der Waals surface area contributed by atoms with E-state index in [4.69, 9.17) is 13.9 Å². The van der Waals surface area contributed by atoms with Gasteiger partial charge in [-0.05, 0) is 41.5 Å². The van der Waals surface area contributed by atoms with Crippen molar-refractivity contribution < 1.29 is 33.1 Å². The number of nitro groups is 1. The summed E-state index contributed by atoms with van der Waals surface area (Å²) in [7, 11) is 2.68. The van der Waals surface area contributed by atoms with Crippen LogP contribution in [-0.4, -0.2) is 37.2 Å². The number of nitrogens with one attached hydrogen (secondary N) is 1. The highest BCUT2D eigenvalue weighted by atomic mass is 16.6. The van der Waals surface area contributed by atoms with Gasteiger partial charge in [0.15, 0.2) is 17.1 Å². The Labute approximate surface area is 210 Å². The third kappa shape index (κ3) is 5.90. The molecule has 1 heterocycles. The minimum Gasteiger partial charge on any atom is -0.493 e. The maximum atomic E-state index is 12.5. The number of carbonyl (C=O) groups is 2. The van der Waals surface area contributed by atoms with Crippen molar-refractivity contribution in [3.63, 3.8) is 0 Å². The highest BCUT2D eigenvalue weighted by Gasteiger charge is 2.19. The molecule has 0 radical (unpaired) electrons. The monoisotopic (exact) mass is 503 g/mol. The van der Waals surface area contributed by atoms with Crippen molar-refractivity contribution >= 4 is 34.7 Å². The van der Waals surface area contributed by atoms with E-state index in [1.165, 1.54) is 38.6 Å². The molecule has 0 fully saturated rings. The van der Waals surface area contributed by atoms with Crippen LogP contribution in [0.3, 0.4) is 0 Å². The van der Waals surface area contributed by atoms with Gasteiger partial charge < -0.3 is 18.6 Å². The van der Waals surface area contributed by atoms with Crippen molar-refractivity contribution in [3.05, 3.63) is 99.3 Å². The number of ether oxygens (including phenoxy) is 3. The highest BCUT2D eigenvalue weighted by Crippen LogP contribution is 2.33. The molecule has 4 aromatic rings. The van der Waals surface area contributed by atoms with E-state index in [2.05, 4.69) is 15.3 Å². The number of nitrogens with zero attached hydrogens (tertiary/aromatic N) is 2. The van der Waals surface area contributed by atoms with E-state index in [0.717, 1.165) is 5.56 Å². The van der Waals surface area contributed by atoms with Gasteiger partial charge in [0.1, 0.15) is 12.4 Å². The van der Waals surface area contributed by atoms with Crippen LogP contribution < -0.4 is 14.9 Å². The van der Waals surface area contributed by atoms with Gasteiger partial charge in [0.25, 0.3) is 5.69 Å². The van der Waals surface area contributed by atoms with Crippen LogP contribution in [-0.2, 0) is 11.3 Å². The normalized spacial score (nSPS) is 10.9. The van der Waals surface area contributed by atoms with Crippen molar-refractivity contribution in [3.8, 4) is 11.5 Å². The minimum atomic E-state index is -0.639. The fourth-order valence-electron chi connectivity index (χ4n) is 3.40. The van der Waals surface area contributed by atoms with Crippen LogP contribution in [0.2, 0.25) is 0 Å². The van der Waals surface area contributed by atoms with E-state index >= 15 is 0 Å². The zero-order valence-electron chi connectivity index (χ0n) is 19.8. The summed E-state index contributed by atoms with van der Waals surface area (Å²) in [6.07, 6.45) is 1.43. The summed E-state index contributed by atoms with van der Waals surface area (Å²) in [5.41, 5.74) is 4.38. The van der Waals surface area contributed by atoms with Crippen LogP contribution in [0, 0.1) is 10.1 Å². The first-order valence-electron chi connectivity index (χ1n) is 10.9. The third-order valence-corrected chi connectivity index (χ3v) is 5.24. The van der Waals surface area contributed by atoms with Crippen LogP contribution in [0.4, 0.5) is 5.69 Å².